The summed E-state index contributed by atoms with van der Waals surface area (Å²) in [7, 11) is 3.52. The van der Waals surface area contributed by atoms with Gasteiger partial charge in [0.2, 0.25) is 0 Å². The molecule has 0 unspecified atom stereocenters. The van der Waals surface area contributed by atoms with Crippen LogP contribution in [0.15, 0.2) is 60.7 Å². The predicted octanol–water partition coefficient (Wildman–Crippen LogP) is 14.4. The molecule has 5 rings (SSSR count). The highest BCUT2D eigenvalue weighted by Crippen LogP contribution is 2.51. The summed E-state index contributed by atoms with van der Waals surface area (Å²) < 4.78 is 24.6. The highest BCUT2D eigenvalue weighted by atomic mass is 32.1. The fraction of sp³-hybridized carbons (Fsp3) is 0.455. The second-order valence-electron chi connectivity index (χ2n) is 13.7. The highest BCUT2D eigenvalue weighted by molar-refractivity contribution is 7.28. The topological polar surface area (TPSA) is 36.9 Å². The zero-order valence-corrected chi connectivity index (χ0v) is 34.3. The van der Waals surface area contributed by atoms with Gasteiger partial charge in [0.05, 0.1) is 37.6 Å². The number of hydrogen-bond donors (Lipinski definition) is 0. The van der Waals surface area contributed by atoms with Crippen LogP contribution >= 0.6 is 34.0 Å². The number of ether oxygens (including phenoxy) is 4. The number of benzene rings is 2. The van der Waals surface area contributed by atoms with Crippen LogP contribution in [-0.4, -0.2) is 26.4 Å². The van der Waals surface area contributed by atoms with Crippen LogP contribution in [0, 0.1) is 0 Å². The quantitative estimate of drug-likeness (QED) is 0.0744. The second-order valence-corrected chi connectivity index (χ2v) is 16.9. The van der Waals surface area contributed by atoms with Gasteiger partial charge in [0, 0.05) is 29.3 Å². The highest BCUT2D eigenvalue weighted by Gasteiger charge is 2.24. The smallest absolute Gasteiger partial charge is 0.132 e. The molecular formula is C44H56O4S3. The van der Waals surface area contributed by atoms with E-state index in [1.54, 1.807) is 14.2 Å². The molecule has 0 aliphatic rings. The molecule has 0 saturated carbocycles. The van der Waals surface area contributed by atoms with E-state index in [-0.39, 0.29) is 12.2 Å². The van der Waals surface area contributed by atoms with Gasteiger partial charge in [0.15, 0.2) is 0 Å². The molecule has 0 bridgehead atoms. The number of methoxy groups -OCH3 is 2. The molecule has 2 aromatic carbocycles. The third kappa shape index (κ3) is 9.79. The summed E-state index contributed by atoms with van der Waals surface area (Å²) in [5.41, 5.74) is 4.89. The maximum Gasteiger partial charge on any atom is 0.132 e. The second kappa shape index (κ2) is 19.0. The van der Waals surface area contributed by atoms with Crippen molar-refractivity contribution in [3.8, 4) is 63.4 Å². The van der Waals surface area contributed by atoms with Crippen LogP contribution in [0.3, 0.4) is 0 Å². The van der Waals surface area contributed by atoms with E-state index >= 15 is 0 Å². The van der Waals surface area contributed by atoms with Gasteiger partial charge in [0.25, 0.3) is 0 Å². The molecule has 51 heavy (non-hydrogen) atoms. The monoisotopic (exact) mass is 744 g/mol. The van der Waals surface area contributed by atoms with Gasteiger partial charge < -0.3 is 18.9 Å². The molecule has 3 heterocycles. The molecule has 0 spiro atoms. The first-order valence-electron chi connectivity index (χ1n) is 18.8. The Morgan fingerprint density at radius 2 is 0.902 bits per heavy atom. The molecule has 4 nitrogen and oxygen atoms in total. The lowest BCUT2D eigenvalue weighted by molar-refractivity contribution is 0.242. The number of aryl methyl sites for hydroxylation is 2. The van der Waals surface area contributed by atoms with E-state index < -0.39 is 0 Å². The van der Waals surface area contributed by atoms with Crippen molar-refractivity contribution >= 4 is 34.0 Å². The molecule has 0 radical (unpaired) electrons. The molecule has 7 heteroatoms. The molecule has 0 saturated heterocycles. The van der Waals surface area contributed by atoms with Crippen molar-refractivity contribution in [2.45, 2.75) is 118 Å². The van der Waals surface area contributed by atoms with Crippen molar-refractivity contribution in [1.82, 2.24) is 0 Å². The minimum atomic E-state index is 0.0687. The zero-order chi connectivity index (χ0) is 36.3. The van der Waals surface area contributed by atoms with Crippen LogP contribution in [0.25, 0.3) is 40.4 Å². The van der Waals surface area contributed by atoms with E-state index in [9.17, 15) is 0 Å². The Balaban J connectivity index is 1.57. The minimum Gasteiger partial charge on any atom is -0.496 e. The van der Waals surface area contributed by atoms with Crippen molar-refractivity contribution in [2.24, 2.45) is 0 Å². The Hall–Kier alpha value is -3.26. The minimum absolute atomic E-state index is 0.0687. The first-order chi connectivity index (χ1) is 24.8. The first-order valence-corrected chi connectivity index (χ1v) is 21.3. The molecule has 0 atom stereocenters. The van der Waals surface area contributed by atoms with E-state index in [0.29, 0.717) is 0 Å². The van der Waals surface area contributed by atoms with Crippen LogP contribution in [0.4, 0.5) is 0 Å². The number of hydrogen-bond acceptors (Lipinski definition) is 7. The maximum absolute atomic E-state index is 6.37. The van der Waals surface area contributed by atoms with Crippen LogP contribution in [0.1, 0.15) is 104 Å². The normalized spacial score (nSPS) is 11.5. The molecule has 274 valence electrons. The number of thiophene rings is 3. The molecule has 3 aromatic heterocycles. The SMILES string of the molecule is CCCCCCc1cc(-c2ccc(-c3cc(CCCCCC)c(-c4c(OC)cccc4OC(C)C)s3)s2)sc1-c1c(OC)cccc1OC(C)C. The van der Waals surface area contributed by atoms with Gasteiger partial charge in [-0.25, -0.2) is 0 Å². The van der Waals surface area contributed by atoms with Gasteiger partial charge in [-0.3, -0.25) is 0 Å². The molecular weight excluding hydrogens is 689 g/mol. The average molecular weight is 745 g/mol. The van der Waals surface area contributed by atoms with Crippen molar-refractivity contribution in [2.75, 3.05) is 14.2 Å². The molecule has 0 N–H and O–H groups in total. The molecule has 0 aliphatic heterocycles. The van der Waals surface area contributed by atoms with E-state index in [1.807, 2.05) is 46.1 Å². The van der Waals surface area contributed by atoms with E-state index in [1.165, 1.54) is 91.8 Å². The van der Waals surface area contributed by atoms with Crippen LogP contribution < -0.4 is 18.9 Å². The number of rotatable bonds is 20. The summed E-state index contributed by atoms with van der Waals surface area (Å²) >= 11 is 5.61. The fourth-order valence-electron chi connectivity index (χ4n) is 6.50. The van der Waals surface area contributed by atoms with Gasteiger partial charge >= 0.3 is 0 Å². The number of unbranched alkanes of at least 4 members (excludes halogenated alkanes) is 6. The van der Waals surface area contributed by atoms with E-state index in [2.05, 4.69) is 90.1 Å². The van der Waals surface area contributed by atoms with Gasteiger partial charge in [0.1, 0.15) is 23.0 Å². The lowest BCUT2D eigenvalue weighted by Crippen LogP contribution is -2.07. The molecule has 0 fully saturated rings. The molecule has 5 aromatic rings. The van der Waals surface area contributed by atoms with Gasteiger partial charge in [-0.1, -0.05) is 64.5 Å². The third-order valence-corrected chi connectivity index (χ3v) is 12.8. The fourth-order valence-corrected chi connectivity index (χ4v) is 10.2. The van der Waals surface area contributed by atoms with Gasteiger partial charge in [-0.05, 0) is 113 Å². The standard InChI is InChI=1S/C44H56O4S3/c1-9-11-13-15-19-31-27-39(50-43(31)41-33(45-7)21-17-23-35(41)47-29(3)4)37-25-26-38(49-37)40-28-32(20-16-14-12-10-2)44(51-40)42-34(46-8)22-18-24-36(42)48-30(5)6/h17-18,21-30H,9-16,19-20H2,1-8H3. The molecule has 0 amide bonds. The summed E-state index contributed by atoms with van der Waals surface area (Å²) in [6.45, 7) is 12.9. The summed E-state index contributed by atoms with van der Waals surface area (Å²) in [5, 5.41) is 0. The van der Waals surface area contributed by atoms with E-state index in [4.69, 9.17) is 18.9 Å². The van der Waals surface area contributed by atoms with Gasteiger partial charge in [-0.15, -0.1) is 34.0 Å². The maximum atomic E-state index is 6.37. The van der Waals surface area contributed by atoms with Crippen molar-refractivity contribution in [3.63, 3.8) is 0 Å². The summed E-state index contributed by atoms with van der Waals surface area (Å²) in [5.74, 6) is 3.49. The van der Waals surface area contributed by atoms with Gasteiger partial charge in [-0.2, -0.15) is 0 Å². The van der Waals surface area contributed by atoms with Crippen LogP contribution in [-0.2, 0) is 12.8 Å². The van der Waals surface area contributed by atoms with Crippen molar-refractivity contribution < 1.29 is 18.9 Å². The van der Waals surface area contributed by atoms with Crippen LogP contribution in [0.2, 0.25) is 0 Å². The lowest BCUT2D eigenvalue weighted by atomic mass is 10.0. The zero-order valence-electron chi connectivity index (χ0n) is 31.9. The Labute approximate surface area is 318 Å². The Bertz CT molecular complexity index is 1700. The lowest BCUT2D eigenvalue weighted by Gasteiger charge is -2.17. The summed E-state index contributed by atoms with van der Waals surface area (Å²) in [6, 6.07) is 21.8. The largest absolute Gasteiger partial charge is 0.496 e. The Kier molecular flexibility index (Phi) is 14.5. The van der Waals surface area contributed by atoms with Crippen molar-refractivity contribution in [1.29, 1.82) is 0 Å². The third-order valence-electron chi connectivity index (χ3n) is 8.90. The average Bonchev–Trinajstić information content (AvgIpc) is 3.87. The van der Waals surface area contributed by atoms with E-state index in [0.717, 1.165) is 47.0 Å². The summed E-state index contributed by atoms with van der Waals surface area (Å²) in [6.07, 6.45) is 12.0. The van der Waals surface area contributed by atoms with Crippen molar-refractivity contribution in [3.05, 3.63) is 71.8 Å². The Morgan fingerprint density at radius 3 is 1.27 bits per heavy atom. The summed E-state index contributed by atoms with van der Waals surface area (Å²) in [4.78, 5) is 7.68. The predicted molar refractivity (Wildman–Crippen MR) is 222 cm³/mol. The van der Waals surface area contributed by atoms with Crippen LogP contribution in [0.5, 0.6) is 23.0 Å². The Morgan fingerprint density at radius 1 is 0.490 bits per heavy atom. The molecule has 0 aliphatic carbocycles. The first kappa shape index (κ1) is 39.0.